The Morgan fingerprint density at radius 3 is 2.77 bits per heavy atom. The highest BCUT2D eigenvalue weighted by Crippen LogP contribution is 2.35. The molecule has 1 saturated carbocycles. The van der Waals surface area contributed by atoms with Crippen LogP contribution < -0.4 is 16.2 Å². The Morgan fingerprint density at radius 1 is 1.32 bits per heavy atom. The lowest BCUT2D eigenvalue weighted by molar-refractivity contribution is 0.217. The average Bonchev–Trinajstić information content (AvgIpc) is 3.23. The highest BCUT2D eigenvalue weighted by atomic mass is 19.2. The molecule has 1 aromatic rings. The normalized spacial score (nSPS) is 24.3. The van der Waals surface area contributed by atoms with Crippen molar-refractivity contribution < 1.29 is 13.6 Å². The van der Waals surface area contributed by atoms with Crippen molar-refractivity contribution in [1.29, 1.82) is 0 Å². The number of nitrogens with one attached hydrogen (secondary N) is 3. The van der Waals surface area contributed by atoms with E-state index in [2.05, 4.69) is 16.2 Å². The first kappa shape index (κ1) is 15.2. The van der Waals surface area contributed by atoms with Gasteiger partial charge in [-0.15, -0.1) is 0 Å². The quantitative estimate of drug-likeness (QED) is 0.798. The molecule has 5 nitrogen and oxygen atoms in total. The minimum Gasteiger partial charge on any atom is -0.326 e. The lowest BCUT2D eigenvalue weighted by atomic mass is 10.1. The zero-order valence-corrected chi connectivity index (χ0v) is 12.4. The molecule has 22 heavy (non-hydrogen) atoms. The van der Waals surface area contributed by atoms with Crippen molar-refractivity contribution in [2.45, 2.75) is 31.3 Å². The number of hydrazine groups is 1. The van der Waals surface area contributed by atoms with E-state index in [-0.39, 0.29) is 17.8 Å². The third-order valence-electron chi connectivity index (χ3n) is 4.21. The average molecular weight is 310 g/mol. The number of rotatable bonds is 4. The van der Waals surface area contributed by atoms with Crippen LogP contribution in [0, 0.1) is 17.6 Å². The molecule has 2 fully saturated rings. The summed E-state index contributed by atoms with van der Waals surface area (Å²) in [5.74, 6) is -1.15. The summed E-state index contributed by atoms with van der Waals surface area (Å²) in [6, 6.07) is 3.65. The summed E-state index contributed by atoms with van der Waals surface area (Å²) in [7, 11) is 1.68. The zero-order chi connectivity index (χ0) is 15.7. The molecular weight excluding hydrogens is 290 g/mol. The van der Waals surface area contributed by atoms with Gasteiger partial charge in [0.25, 0.3) is 0 Å². The summed E-state index contributed by atoms with van der Waals surface area (Å²) in [5, 5.41) is 2.56. The van der Waals surface area contributed by atoms with Crippen molar-refractivity contribution in [2.24, 2.45) is 5.92 Å². The van der Waals surface area contributed by atoms with E-state index in [0.717, 1.165) is 24.5 Å². The van der Waals surface area contributed by atoms with Crippen molar-refractivity contribution >= 4 is 11.7 Å². The van der Waals surface area contributed by atoms with Crippen LogP contribution in [0.1, 0.15) is 19.3 Å². The van der Waals surface area contributed by atoms with E-state index in [1.54, 1.807) is 7.05 Å². The second-order valence-electron chi connectivity index (χ2n) is 6.10. The molecule has 3 N–H and O–H groups in total. The van der Waals surface area contributed by atoms with Crippen LogP contribution in [0.15, 0.2) is 18.2 Å². The van der Waals surface area contributed by atoms with Crippen LogP contribution in [0.4, 0.5) is 19.3 Å². The SMILES string of the molecule is CN(CC1CC(C2CC2)NN1)C(=O)Nc1ccc(F)c(F)c1. The van der Waals surface area contributed by atoms with E-state index < -0.39 is 11.6 Å². The maximum atomic E-state index is 13.1. The van der Waals surface area contributed by atoms with Crippen LogP contribution in [-0.2, 0) is 0 Å². The van der Waals surface area contributed by atoms with Gasteiger partial charge in [0.15, 0.2) is 11.6 Å². The fourth-order valence-corrected chi connectivity index (χ4v) is 2.78. The van der Waals surface area contributed by atoms with Gasteiger partial charge in [0.2, 0.25) is 0 Å². The molecule has 2 atom stereocenters. The van der Waals surface area contributed by atoms with Crippen molar-refractivity contribution in [3.8, 4) is 0 Å². The topological polar surface area (TPSA) is 56.4 Å². The molecule has 1 aliphatic carbocycles. The fourth-order valence-electron chi connectivity index (χ4n) is 2.78. The summed E-state index contributed by atoms with van der Waals surface area (Å²) in [6.07, 6.45) is 3.55. The van der Waals surface area contributed by atoms with Crippen LogP contribution in [0.2, 0.25) is 0 Å². The number of anilines is 1. The fraction of sp³-hybridized carbons (Fsp3) is 0.533. The molecule has 0 aromatic heterocycles. The molecular formula is C15H20F2N4O. The third-order valence-corrected chi connectivity index (χ3v) is 4.21. The molecule has 7 heteroatoms. The lowest BCUT2D eigenvalue weighted by Crippen LogP contribution is -2.43. The van der Waals surface area contributed by atoms with Gasteiger partial charge in [-0.05, 0) is 37.3 Å². The number of hydrogen-bond donors (Lipinski definition) is 3. The largest absolute Gasteiger partial charge is 0.326 e. The van der Waals surface area contributed by atoms with Gasteiger partial charge < -0.3 is 10.2 Å². The Morgan fingerprint density at radius 2 is 2.09 bits per heavy atom. The number of benzene rings is 1. The van der Waals surface area contributed by atoms with Crippen molar-refractivity contribution in [3.05, 3.63) is 29.8 Å². The molecule has 1 saturated heterocycles. The van der Waals surface area contributed by atoms with E-state index in [1.807, 2.05) is 0 Å². The van der Waals surface area contributed by atoms with E-state index in [9.17, 15) is 13.6 Å². The highest BCUT2D eigenvalue weighted by molar-refractivity contribution is 5.89. The predicted octanol–water partition coefficient (Wildman–Crippen LogP) is 2.07. The van der Waals surface area contributed by atoms with Crippen LogP contribution in [0.5, 0.6) is 0 Å². The molecule has 1 aliphatic heterocycles. The first-order valence-electron chi connectivity index (χ1n) is 7.51. The number of urea groups is 1. The van der Waals surface area contributed by atoms with Crippen molar-refractivity contribution in [1.82, 2.24) is 15.8 Å². The van der Waals surface area contributed by atoms with E-state index in [0.29, 0.717) is 12.6 Å². The Labute approximate surface area is 128 Å². The summed E-state index contributed by atoms with van der Waals surface area (Å²) in [6.45, 7) is 0.547. The zero-order valence-electron chi connectivity index (χ0n) is 12.4. The molecule has 0 radical (unpaired) electrons. The second kappa shape index (κ2) is 6.18. The van der Waals surface area contributed by atoms with Gasteiger partial charge in [-0.25, -0.2) is 13.6 Å². The van der Waals surface area contributed by atoms with Crippen LogP contribution >= 0.6 is 0 Å². The minimum absolute atomic E-state index is 0.200. The maximum Gasteiger partial charge on any atom is 0.321 e. The minimum atomic E-state index is -0.977. The second-order valence-corrected chi connectivity index (χ2v) is 6.10. The molecule has 0 spiro atoms. The van der Waals surface area contributed by atoms with E-state index >= 15 is 0 Å². The van der Waals surface area contributed by atoms with Crippen molar-refractivity contribution in [2.75, 3.05) is 18.9 Å². The summed E-state index contributed by atoms with van der Waals surface area (Å²) >= 11 is 0. The van der Waals surface area contributed by atoms with Gasteiger partial charge in [0, 0.05) is 37.4 Å². The van der Waals surface area contributed by atoms with Gasteiger partial charge >= 0.3 is 6.03 Å². The number of carbonyl (C=O) groups is 1. The van der Waals surface area contributed by atoms with Gasteiger partial charge in [-0.3, -0.25) is 10.9 Å². The summed E-state index contributed by atoms with van der Waals surface area (Å²) < 4.78 is 26.0. The Balaban J connectivity index is 1.50. The van der Waals surface area contributed by atoms with Crippen molar-refractivity contribution in [3.63, 3.8) is 0 Å². The molecule has 2 amide bonds. The molecule has 3 rings (SSSR count). The predicted molar refractivity (Wildman–Crippen MR) is 79.2 cm³/mol. The molecule has 2 aliphatic rings. The van der Waals surface area contributed by atoms with Gasteiger partial charge in [0.05, 0.1) is 0 Å². The molecule has 2 unspecified atom stereocenters. The number of carbonyl (C=O) groups excluding carboxylic acids is 1. The first-order valence-corrected chi connectivity index (χ1v) is 7.51. The number of hydrogen-bond acceptors (Lipinski definition) is 3. The number of halogens is 2. The van der Waals surface area contributed by atoms with E-state index in [4.69, 9.17) is 0 Å². The molecule has 120 valence electrons. The Hall–Kier alpha value is -1.73. The standard InChI is InChI=1S/C15H20F2N4O/c1-21(8-11-7-14(20-19-11)9-2-3-9)15(22)18-10-4-5-12(16)13(17)6-10/h4-6,9,11,14,19-20H,2-3,7-8H2,1H3,(H,18,22). The monoisotopic (exact) mass is 310 g/mol. The Kier molecular flexibility index (Phi) is 4.26. The smallest absolute Gasteiger partial charge is 0.321 e. The third kappa shape index (κ3) is 3.53. The molecule has 0 bridgehead atoms. The molecule has 1 heterocycles. The lowest BCUT2D eigenvalue weighted by Gasteiger charge is -2.21. The van der Waals surface area contributed by atoms with Crippen LogP contribution in [-0.4, -0.2) is 36.6 Å². The summed E-state index contributed by atoms with van der Waals surface area (Å²) in [4.78, 5) is 13.6. The summed E-state index contributed by atoms with van der Waals surface area (Å²) in [5.41, 5.74) is 6.73. The van der Waals surface area contributed by atoms with Gasteiger partial charge in [0.1, 0.15) is 0 Å². The number of likely N-dealkylation sites (N-methyl/N-ethyl adjacent to an activating group) is 1. The van der Waals surface area contributed by atoms with Gasteiger partial charge in [-0.1, -0.05) is 0 Å². The Bertz CT molecular complexity index is 564. The maximum absolute atomic E-state index is 13.1. The van der Waals surface area contributed by atoms with Crippen LogP contribution in [0.25, 0.3) is 0 Å². The first-order chi connectivity index (χ1) is 10.5. The van der Waals surface area contributed by atoms with Gasteiger partial charge in [-0.2, -0.15) is 0 Å². The molecule has 1 aromatic carbocycles. The van der Waals surface area contributed by atoms with E-state index in [1.165, 1.54) is 23.8 Å². The van der Waals surface area contributed by atoms with Crippen LogP contribution in [0.3, 0.4) is 0 Å². The highest BCUT2D eigenvalue weighted by Gasteiger charge is 2.36. The number of amides is 2. The number of nitrogens with zero attached hydrogens (tertiary/aromatic N) is 1.